The second-order valence-electron chi connectivity index (χ2n) is 9.84. The molecule has 2 unspecified atom stereocenters. The first-order valence-corrected chi connectivity index (χ1v) is 11.6. The zero-order chi connectivity index (χ0) is 26.0. The van der Waals surface area contributed by atoms with Gasteiger partial charge in [-0.1, -0.05) is 18.2 Å². The number of nitrogens with two attached hydrogens (primary N) is 1. The minimum Gasteiger partial charge on any atom is -0.511 e. The Balaban J connectivity index is 1.68. The van der Waals surface area contributed by atoms with Crippen LogP contribution in [0.1, 0.15) is 22.3 Å². The molecular formula is C27H26N2O7. The van der Waals surface area contributed by atoms with Crippen molar-refractivity contribution in [1.82, 2.24) is 4.90 Å². The standard InChI is InChI=1S/C27H26N2O7/c1-29(2)22-16-10-12-9-15-14(11-3-5-13(30)6-4-11)7-8-17(31)19(15)23(32)18(12)24(33)20(16)25(34)21(26(22)35)27(28)36/h3-8,12,16,20,22,30-31,33,35H,9-10H2,1-2H3,(H2,28,36)/t12-,16?,20?,22-/m0/s1. The topological polar surface area (TPSA) is 161 Å². The number of Topliss-reactive ketones (excluding diaryl/α,β-unsaturated/α-hetero) is 2. The first kappa shape index (κ1) is 23.6. The van der Waals surface area contributed by atoms with Crippen LogP contribution in [0, 0.1) is 17.8 Å². The third-order valence-corrected chi connectivity index (χ3v) is 7.63. The lowest BCUT2D eigenvalue weighted by Crippen LogP contribution is -2.53. The fourth-order valence-electron chi connectivity index (χ4n) is 6.18. The quantitative estimate of drug-likeness (QED) is 0.410. The Morgan fingerprint density at radius 2 is 1.64 bits per heavy atom. The van der Waals surface area contributed by atoms with Crippen molar-refractivity contribution in [2.24, 2.45) is 23.5 Å². The highest BCUT2D eigenvalue weighted by molar-refractivity contribution is 6.22. The smallest absolute Gasteiger partial charge is 0.255 e. The van der Waals surface area contributed by atoms with Crippen LogP contribution < -0.4 is 5.73 Å². The molecule has 0 heterocycles. The number of aliphatic hydroxyl groups is 2. The average molecular weight is 491 g/mol. The van der Waals surface area contributed by atoms with Crippen LogP contribution in [0.4, 0.5) is 0 Å². The molecule has 4 atom stereocenters. The molecule has 0 aliphatic heterocycles. The molecule has 0 radical (unpaired) electrons. The van der Waals surface area contributed by atoms with Gasteiger partial charge in [-0.3, -0.25) is 19.3 Å². The minimum absolute atomic E-state index is 0.0398. The fourth-order valence-corrected chi connectivity index (χ4v) is 6.18. The number of fused-ring (bicyclic) bond motifs is 3. The molecule has 9 heteroatoms. The van der Waals surface area contributed by atoms with E-state index in [1.54, 1.807) is 37.2 Å². The van der Waals surface area contributed by atoms with Gasteiger partial charge < -0.3 is 26.2 Å². The Hall–Kier alpha value is -4.11. The number of likely N-dealkylation sites (N-methyl/N-ethyl adjacent to an activating group) is 1. The van der Waals surface area contributed by atoms with Crippen LogP contribution in [0.15, 0.2) is 59.1 Å². The number of ketones is 2. The molecule has 0 fully saturated rings. The van der Waals surface area contributed by atoms with Gasteiger partial charge in [0, 0.05) is 5.57 Å². The van der Waals surface area contributed by atoms with Crippen LogP contribution in [0.2, 0.25) is 0 Å². The molecule has 0 aromatic heterocycles. The van der Waals surface area contributed by atoms with Gasteiger partial charge in [0.2, 0.25) is 0 Å². The Morgan fingerprint density at radius 1 is 0.972 bits per heavy atom. The van der Waals surface area contributed by atoms with E-state index >= 15 is 0 Å². The van der Waals surface area contributed by atoms with E-state index in [1.165, 1.54) is 18.2 Å². The van der Waals surface area contributed by atoms with Gasteiger partial charge in [-0.25, -0.2) is 0 Å². The monoisotopic (exact) mass is 490 g/mol. The van der Waals surface area contributed by atoms with Gasteiger partial charge in [-0.05, 0) is 73.7 Å². The van der Waals surface area contributed by atoms with Crippen molar-refractivity contribution >= 4 is 17.5 Å². The summed E-state index contributed by atoms with van der Waals surface area (Å²) in [6.45, 7) is 0. The number of benzene rings is 2. The number of carbonyl (C=O) groups excluding carboxylic acids is 3. The van der Waals surface area contributed by atoms with Crippen molar-refractivity contribution in [3.63, 3.8) is 0 Å². The lowest BCUT2D eigenvalue weighted by molar-refractivity contribution is -0.127. The van der Waals surface area contributed by atoms with Gasteiger partial charge in [0.15, 0.2) is 11.6 Å². The van der Waals surface area contributed by atoms with Crippen molar-refractivity contribution in [3.8, 4) is 22.6 Å². The Kier molecular flexibility index (Phi) is 5.40. The van der Waals surface area contributed by atoms with Crippen LogP contribution in [-0.4, -0.2) is 62.9 Å². The summed E-state index contributed by atoms with van der Waals surface area (Å²) in [5.41, 5.74) is 6.97. The van der Waals surface area contributed by atoms with Gasteiger partial charge in [-0.15, -0.1) is 0 Å². The van der Waals surface area contributed by atoms with Gasteiger partial charge in [0.05, 0.1) is 17.5 Å². The molecule has 9 nitrogen and oxygen atoms in total. The number of hydrogen-bond donors (Lipinski definition) is 5. The van der Waals surface area contributed by atoms with E-state index in [2.05, 4.69) is 0 Å². The van der Waals surface area contributed by atoms with E-state index < -0.39 is 58.4 Å². The molecular weight excluding hydrogens is 464 g/mol. The summed E-state index contributed by atoms with van der Waals surface area (Å²) in [4.78, 5) is 40.6. The maximum absolute atomic E-state index is 13.7. The number of carbonyl (C=O) groups is 3. The highest BCUT2D eigenvalue weighted by atomic mass is 16.3. The SMILES string of the molecule is CN(C)[C@@H]1C(O)=C(C(N)=O)C(=O)C2C(O)=C3C(=O)c4c(O)ccc(-c5ccc(O)cc5)c4C[C@H]3CC21. The maximum Gasteiger partial charge on any atom is 0.255 e. The summed E-state index contributed by atoms with van der Waals surface area (Å²) in [6.07, 6.45) is 0.584. The summed E-state index contributed by atoms with van der Waals surface area (Å²) < 4.78 is 0. The van der Waals surface area contributed by atoms with Gasteiger partial charge in [-0.2, -0.15) is 0 Å². The van der Waals surface area contributed by atoms with Crippen molar-refractivity contribution in [2.75, 3.05) is 14.1 Å². The molecule has 3 aliphatic carbocycles. The highest BCUT2D eigenvalue weighted by Crippen LogP contribution is 2.51. The lowest BCUT2D eigenvalue weighted by Gasteiger charge is -2.46. The molecule has 0 saturated carbocycles. The zero-order valence-corrected chi connectivity index (χ0v) is 19.7. The average Bonchev–Trinajstić information content (AvgIpc) is 2.79. The predicted molar refractivity (Wildman–Crippen MR) is 129 cm³/mol. The molecule has 1 amide bonds. The van der Waals surface area contributed by atoms with Crippen LogP contribution in [0.3, 0.4) is 0 Å². The Labute approximate surface area is 206 Å². The maximum atomic E-state index is 13.7. The third kappa shape index (κ3) is 3.30. The van der Waals surface area contributed by atoms with E-state index in [1.807, 2.05) is 0 Å². The molecule has 0 spiro atoms. The number of primary amides is 1. The van der Waals surface area contributed by atoms with Crippen molar-refractivity contribution in [1.29, 1.82) is 0 Å². The fraction of sp³-hybridized carbons (Fsp3) is 0.296. The van der Waals surface area contributed by atoms with Gasteiger partial charge in [0.25, 0.3) is 5.91 Å². The molecule has 36 heavy (non-hydrogen) atoms. The summed E-state index contributed by atoms with van der Waals surface area (Å²) in [6, 6.07) is 8.82. The van der Waals surface area contributed by atoms with E-state index in [4.69, 9.17) is 5.73 Å². The van der Waals surface area contributed by atoms with Crippen molar-refractivity contribution in [3.05, 3.63) is 70.2 Å². The molecule has 2 aromatic carbocycles. The van der Waals surface area contributed by atoms with Crippen molar-refractivity contribution in [2.45, 2.75) is 18.9 Å². The number of aliphatic hydroxyl groups excluding tert-OH is 2. The van der Waals surface area contributed by atoms with Crippen LogP contribution in [0.5, 0.6) is 11.5 Å². The number of aromatic hydroxyl groups is 2. The van der Waals surface area contributed by atoms with Crippen LogP contribution >= 0.6 is 0 Å². The first-order valence-electron chi connectivity index (χ1n) is 11.6. The normalized spacial score (nSPS) is 25.5. The summed E-state index contributed by atoms with van der Waals surface area (Å²) in [5.74, 6) is -5.81. The highest BCUT2D eigenvalue weighted by Gasteiger charge is 2.54. The summed E-state index contributed by atoms with van der Waals surface area (Å²) >= 11 is 0. The Bertz CT molecular complexity index is 1390. The minimum atomic E-state index is -1.21. The number of rotatable bonds is 3. The Morgan fingerprint density at radius 3 is 2.25 bits per heavy atom. The molecule has 6 N–H and O–H groups in total. The number of amides is 1. The molecule has 0 bridgehead atoms. The summed E-state index contributed by atoms with van der Waals surface area (Å²) in [5, 5.41) is 42.4. The van der Waals surface area contributed by atoms with Gasteiger partial charge in [0.1, 0.15) is 28.6 Å². The molecule has 186 valence electrons. The molecule has 2 aromatic rings. The largest absolute Gasteiger partial charge is 0.511 e. The second-order valence-corrected chi connectivity index (χ2v) is 9.84. The van der Waals surface area contributed by atoms with Gasteiger partial charge >= 0.3 is 0 Å². The van der Waals surface area contributed by atoms with E-state index in [0.717, 1.165) is 5.56 Å². The van der Waals surface area contributed by atoms with E-state index in [0.29, 0.717) is 17.5 Å². The van der Waals surface area contributed by atoms with Crippen LogP contribution in [0.25, 0.3) is 11.1 Å². The number of nitrogens with zero attached hydrogens (tertiary/aromatic N) is 1. The molecule has 0 saturated heterocycles. The van der Waals surface area contributed by atoms with E-state index in [-0.39, 0.29) is 29.1 Å². The summed E-state index contributed by atoms with van der Waals surface area (Å²) in [7, 11) is 3.37. The third-order valence-electron chi connectivity index (χ3n) is 7.63. The number of phenols is 2. The zero-order valence-electron chi connectivity index (χ0n) is 19.7. The number of allylic oxidation sites excluding steroid dienone is 2. The molecule has 5 rings (SSSR count). The number of phenolic OH excluding ortho intramolecular Hbond substituents is 2. The second kappa shape index (κ2) is 8.23. The lowest BCUT2D eigenvalue weighted by atomic mass is 9.60. The first-order chi connectivity index (χ1) is 17.0. The number of hydrogen-bond acceptors (Lipinski definition) is 8. The van der Waals surface area contributed by atoms with Crippen molar-refractivity contribution < 1.29 is 34.8 Å². The predicted octanol–water partition coefficient (Wildman–Crippen LogP) is 2.38. The molecule has 3 aliphatic rings. The van der Waals surface area contributed by atoms with Crippen LogP contribution in [-0.2, 0) is 16.0 Å². The van der Waals surface area contributed by atoms with E-state index in [9.17, 15) is 34.8 Å².